The number of primary amides is 1. The van der Waals surface area contributed by atoms with Crippen LogP contribution in [0.25, 0.3) is 0 Å². The van der Waals surface area contributed by atoms with Crippen molar-refractivity contribution >= 4 is 17.7 Å². The lowest BCUT2D eigenvalue weighted by atomic mass is 9.83. The first-order valence-corrected chi connectivity index (χ1v) is 10.8. The zero-order valence-electron chi connectivity index (χ0n) is 19.0. The zero-order valence-corrected chi connectivity index (χ0v) is 19.0. The van der Waals surface area contributed by atoms with Crippen molar-refractivity contribution in [3.05, 3.63) is 107 Å². The van der Waals surface area contributed by atoms with Gasteiger partial charge in [0.05, 0.1) is 5.41 Å². The second kappa shape index (κ2) is 10.1. The Kier molecular flexibility index (Phi) is 7.28. The fourth-order valence-electron chi connectivity index (χ4n) is 3.77. The van der Waals surface area contributed by atoms with E-state index in [-0.39, 0.29) is 5.91 Å². The highest BCUT2D eigenvalue weighted by atomic mass is 16.2. The van der Waals surface area contributed by atoms with Crippen LogP contribution in [-0.2, 0) is 15.0 Å². The monoisotopic (exact) mass is 443 g/mol. The van der Waals surface area contributed by atoms with Crippen LogP contribution in [0.1, 0.15) is 46.8 Å². The highest BCUT2D eigenvalue weighted by Gasteiger charge is 2.33. The van der Waals surface area contributed by atoms with Gasteiger partial charge in [-0.25, -0.2) is 0 Å². The molecular weight excluding hydrogens is 414 g/mol. The molecule has 0 unspecified atom stereocenters. The van der Waals surface area contributed by atoms with Crippen molar-refractivity contribution in [2.24, 2.45) is 5.73 Å². The SMILES string of the molecule is CNC(=O)[C@@H](NC(=O)c1cccc(C(C)(C)C(N)=O)c1)C(c1ccccc1)c1ccccc1. The van der Waals surface area contributed by atoms with Gasteiger partial charge >= 0.3 is 0 Å². The van der Waals surface area contributed by atoms with Gasteiger partial charge in [0.25, 0.3) is 5.91 Å². The van der Waals surface area contributed by atoms with Crippen LogP contribution in [0.5, 0.6) is 0 Å². The summed E-state index contributed by atoms with van der Waals surface area (Å²) in [6, 6.07) is 25.1. The summed E-state index contributed by atoms with van der Waals surface area (Å²) in [4.78, 5) is 38.2. The molecule has 0 spiro atoms. The fraction of sp³-hybridized carbons (Fsp3) is 0.222. The Hall–Kier alpha value is -3.93. The van der Waals surface area contributed by atoms with E-state index in [0.717, 1.165) is 11.1 Å². The van der Waals surface area contributed by atoms with Gasteiger partial charge in [0, 0.05) is 18.5 Å². The van der Waals surface area contributed by atoms with E-state index in [4.69, 9.17) is 5.73 Å². The van der Waals surface area contributed by atoms with Gasteiger partial charge in [0.1, 0.15) is 6.04 Å². The molecule has 0 aliphatic heterocycles. The third-order valence-corrected chi connectivity index (χ3v) is 5.93. The number of carbonyl (C=O) groups excluding carboxylic acids is 3. The van der Waals surface area contributed by atoms with Crippen LogP contribution < -0.4 is 16.4 Å². The minimum Gasteiger partial charge on any atom is -0.369 e. The summed E-state index contributed by atoms with van der Waals surface area (Å²) in [6.45, 7) is 3.42. The average molecular weight is 444 g/mol. The molecule has 3 rings (SSSR count). The molecule has 3 aromatic carbocycles. The van der Waals surface area contributed by atoms with Crippen LogP contribution in [0.2, 0.25) is 0 Å². The van der Waals surface area contributed by atoms with Gasteiger partial charge in [-0.05, 0) is 42.7 Å². The Morgan fingerprint density at radius 1 is 0.818 bits per heavy atom. The molecule has 0 saturated carbocycles. The molecule has 3 aromatic rings. The van der Waals surface area contributed by atoms with Gasteiger partial charge in [0.15, 0.2) is 0 Å². The molecule has 6 nitrogen and oxygen atoms in total. The molecule has 0 saturated heterocycles. The molecule has 0 aliphatic rings. The number of benzene rings is 3. The van der Waals surface area contributed by atoms with Gasteiger partial charge < -0.3 is 16.4 Å². The molecule has 0 aliphatic carbocycles. The van der Waals surface area contributed by atoms with E-state index in [1.165, 1.54) is 0 Å². The predicted molar refractivity (Wildman–Crippen MR) is 129 cm³/mol. The summed E-state index contributed by atoms with van der Waals surface area (Å²) in [5.41, 5.74) is 7.38. The third kappa shape index (κ3) is 5.29. The lowest BCUT2D eigenvalue weighted by molar-refractivity contribution is -0.123. The van der Waals surface area contributed by atoms with Crippen LogP contribution in [0.4, 0.5) is 0 Å². The molecule has 4 N–H and O–H groups in total. The maximum absolute atomic E-state index is 13.3. The highest BCUT2D eigenvalue weighted by molar-refractivity contribution is 5.98. The molecule has 1 atom stereocenters. The van der Waals surface area contributed by atoms with Crippen molar-refractivity contribution in [1.29, 1.82) is 0 Å². The van der Waals surface area contributed by atoms with Crippen LogP contribution in [0.3, 0.4) is 0 Å². The van der Waals surface area contributed by atoms with Crippen molar-refractivity contribution < 1.29 is 14.4 Å². The fourth-order valence-corrected chi connectivity index (χ4v) is 3.77. The molecule has 0 radical (unpaired) electrons. The number of nitrogens with two attached hydrogens (primary N) is 1. The second-order valence-electron chi connectivity index (χ2n) is 8.43. The first kappa shape index (κ1) is 23.7. The van der Waals surface area contributed by atoms with Crippen LogP contribution in [0.15, 0.2) is 84.9 Å². The minimum atomic E-state index is -0.937. The summed E-state index contributed by atoms with van der Waals surface area (Å²) in [7, 11) is 1.55. The van der Waals surface area contributed by atoms with Crippen molar-refractivity contribution in [3.63, 3.8) is 0 Å². The third-order valence-electron chi connectivity index (χ3n) is 5.93. The van der Waals surface area contributed by atoms with E-state index in [1.807, 2.05) is 60.7 Å². The minimum absolute atomic E-state index is 0.310. The van der Waals surface area contributed by atoms with Gasteiger partial charge in [-0.15, -0.1) is 0 Å². The second-order valence-corrected chi connectivity index (χ2v) is 8.43. The van der Waals surface area contributed by atoms with E-state index < -0.39 is 29.2 Å². The molecule has 3 amide bonds. The highest BCUT2D eigenvalue weighted by Crippen LogP contribution is 2.29. The molecule has 170 valence electrons. The standard InChI is InChI=1S/C27H29N3O3/c1-27(2,26(28)33)21-16-10-15-20(17-21)24(31)30-23(25(32)29-3)22(18-11-6-4-7-12-18)19-13-8-5-9-14-19/h4-17,22-23H,1-3H3,(H2,28,33)(H,29,32)(H,30,31)/t23-/m0/s1. The van der Waals surface area contributed by atoms with Crippen LogP contribution >= 0.6 is 0 Å². The number of likely N-dealkylation sites (N-methyl/N-ethyl adjacent to an activating group) is 1. The first-order valence-electron chi connectivity index (χ1n) is 10.8. The normalized spacial score (nSPS) is 12.1. The number of hydrogen-bond donors (Lipinski definition) is 3. The number of carbonyl (C=O) groups is 3. The lowest BCUT2D eigenvalue weighted by Crippen LogP contribution is -2.49. The molecular formula is C27H29N3O3. The van der Waals surface area contributed by atoms with Crippen molar-refractivity contribution in [1.82, 2.24) is 10.6 Å². The quantitative estimate of drug-likeness (QED) is 0.499. The Bertz CT molecular complexity index is 1090. The molecule has 6 heteroatoms. The van der Waals surface area contributed by atoms with Gasteiger partial charge in [0.2, 0.25) is 11.8 Å². The Balaban J connectivity index is 2.01. The van der Waals surface area contributed by atoms with Gasteiger partial charge in [-0.1, -0.05) is 72.8 Å². The summed E-state index contributed by atoms with van der Waals surface area (Å²) >= 11 is 0. The lowest BCUT2D eigenvalue weighted by Gasteiger charge is -2.28. The first-order chi connectivity index (χ1) is 15.8. The molecule has 0 fully saturated rings. The van der Waals surface area contributed by atoms with Crippen LogP contribution in [-0.4, -0.2) is 30.8 Å². The Labute approximate surface area is 194 Å². The van der Waals surface area contributed by atoms with E-state index in [9.17, 15) is 14.4 Å². The largest absolute Gasteiger partial charge is 0.369 e. The smallest absolute Gasteiger partial charge is 0.251 e. The van der Waals surface area contributed by atoms with Gasteiger partial charge in [-0.2, -0.15) is 0 Å². The Morgan fingerprint density at radius 3 is 1.85 bits per heavy atom. The maximum Gasteiger partial charge on any atom is 0.251 e. The topological polar surface area (TPSA) is 101 Å². The van der Waals surface area contributed by atoms with Gasteiger partial charge in [-0.3, -0.25) is 14.4 Å². The number of amides is 3. The van der Waals surface area contributed by atoms with E-state index in [0.29, 0.717) is 11.1 Å². The Morgan fingerprint density at radius 2 is 1.36 bits per heavy atom. The molecule has 0 aromatic heterocycles. The number of nitrogens with one attached hydrogen (secondary N) is 2. The number of rotatable bonds is 8. The van der Waals surface area contributed by atoms with Crippen molar-refractivity contribution in [3.8, 4) is 0 Å². The summed E-state index contributed by atoms with van der Waals surface area (Å²) in [5.74, 6) is -1.62. The summed E-state index contributed by atoms with van der Waals surface area (Å²) in [6.07, 6.45) is 0. The molecule has 33 heavy (non-hydrogen) atoms. The zero-order chi connectivity index (χ0) is 24.0. The molecule has 0 heterocycles. The molecule has 0 bridgehead atoms. The summed E-state index contributed by atoms with van der Waals surface area (Å²) in [5, 5.41) is 5.60. The van der Waals surface area contributed by atoms with Crippen molar-refractivity contribution in [2.45, 2.75) is 31.2 Å². The number of hydrogen-bond acceptors (Lipinski definition) is 3. The van der Waals surface area contributed by atoms with Crippen LogP contribution in [0, 0.1) is 0 Å². The predicted octanol–water partition coefficient (Wildman–Crippen LogP) is 3.13. The van der Waals surface area contributed by atoms with Crippen molar-refractivity contribution in [2.75, 3.05) is 7.05 Å². The maximum atomic E-state index is 13.3. The van der Waals surface area contributed by atoms with E-state index in [2.05, 4.69) is 10.6 Å². The van der Waals surface area contributed by atoms with E-state index >= 15 is 0 Å². The summed E-state index contributed by atoms with van der Waals surface area (Å²) < 4.78 is 0. The van der Waals surface area contributed by atoms with E-state index in [1.54, 1.807) is 45.2 Å². The average Bonchev–Trinajstić information content (AvgIpc) is 2.84.